The number of aromatic nitrogens is 1. The first kappa shape index (κ1) is 12.9. The first-order chi connectivity index (χ1) is 8.58. The Kier molecular flexibility index (Phi) is 3.90. The van der Waals surface area contributed by atoms with Crippen LogP contribution in [0.25, 0.3) is 0 Å². The first-order valence-electron chi connectivity index (χ1n) is 5.75. The molecular weight excluding hydrogens is 236 g/mol. The number of amides is 1. The maximum atomic E-state index is 11.9. The van der Waals surface area contributed by atoms with Crippen molar-refractivity contribution in [1.82, 2.24) is 10.3 Å². The molecule has 2 heterocycles. The molecule has 0 spiro atoms. The van der Waals surface area contributed by atoms with Gasteiger partial charge < -0.3 is 20.3 Å². The van der Waals surface area contributed by atoms with E-state index in [4.69, 9.17) is 4.74 Å². The molecule has 0 radical (unpaired) electrons. The van der Waals surface area contributed by atoms with Crippen LogP contribution in [0.4, 0.5) is 0 Å². The lowest BCUT2D eigenvalue weighted by molar-refractivity contribution is -0.102. The molecule has 6 heteroatoms. The number of aliphatic hydroxyl groups excluding tert-OH is 2. The number of aliphatic hydroxyl groups is 2. The summed E-state index contributed by atoms with van der Waals surface area (Å²) in [6, 6.07) is 2.78. The van der Waals surface area contributed by atoms with Crippen LogP contribution < -0.4 is 5.32 Å². The topological polar surface area (TPSA) is 91.7 Å². The van der Waals surface area contributed by atoms with Gasteiger partial charge in [-0.05, 0) is 19.1 Å². The van der Waals surface area contributed by atoms with Gasteiger partial charge >= 0.3 is 0 Å². The van der Waals surface area contributed by atoms with E-state index in [-0.39, 0.29) is 19.1 Å². The van der Waals surface area contributed by atoms with Gasteiger partial charge in [-0.25, -0.2) is 0 Å². The van der Waals surface area contributed by atoms with Gasteiger partial charge in [0.1, 0.15) is 12.2 Å². The molecule has 1 aliphatic heterocycles. The molecular formula is C12H16N2O4. The highest BCUT2D eigenvalue weighted by molar-refractivity contribution is 5.94. The van der Waals surface area contributed by atoms with E-state index in [1.54, 1.807) is 12.1 Å². The smallest absolute Gasteiger partial charge is 0.253 e. The zero-order chi connectivity index (χ0) is 13.1. The average molecular weight is 252 g/mol. The number of hydrogen-bond acceptors (Lipinski definition) is 5. The number of aryl methyl sites for hydroxylation is 1. The molecule has 6 nitrogen and oxygen atoms in total. The van der Waals surface area contributed by atoms with Crippen LogP contribution in [0.15, 0.2) is 18.3 Å². The summed E-state index contributed by atoms with van der Waals surface area (Å²) in [6.45, 7) is 2.10. The van der Waals surface area contributed by atoms with Crippen LogP contribution in [0.2, 0.25) is 0 Å². The molecule has 3 atom stereocenters. The summed E-state index contributed by atoms with van der Waals surface area (Å²) in [5.41, 5.74) is 1.23. The Bertz CT molecular complexity index is 421. The molecule has 1 aromatic heterocycles. The monoisotopic (exact) mass is 252 g/mol. The van der Waals surface area contributed by atoms with Gasteiger partial charge in [0, 0.05) is 11.9 Å². The summed E-state index contributed by atoms with van der Waals surface area (Å²) in [4.78, 5) is 15.9. The van der Waals surface area contributed by atoms with E-state index >= 15 is 0 Å². The Morgan fingerprint density at radius 3 is 2.89 bits per heavy atom. The molecule has 18 heavy (non-hydrogen) atoms. The van der Waals surface area contributed by atoms with Crippen LogP contribution in [-0.2, 0) is 4.74 Å². The second kappa shape index (κ2) is 5.43. The van der Waals surface area contributed by atoms with Gasteiger partial charge in [0.25, 0.3) is 5.91 Å². The molecule has 2 rings (SSSR count). The fourth-order valence-electron chi connectivity index (χ4n) is 1.76. The van der Waals surface area contributed by atoms with Crippen molar-refractivity contribution in [2.75, 3.05) is 13.2 Å². The number of hydrogen-bond donors (Lipinski definition) is 3. The third-order valence-corrected chi connectivity index (χ3v) is 2.88. The van der Waals surface area contributed by atoms with E-state index in [1.165, 1.54) is 6.20 Å². The van der Waals surface area contributed by atoms with Gasteiger partial charge in [0.2, 0.25) is 0 Å². The summed E-state index contributed by atoms with van der Waals surface area (Å²) >= 11 is 0. The van der Waals surface area contributed by atoms with Gasteiger partial charge in [-0.2, -0.15) is 0 Å². The summed E-state index contributed by atoms with van der Waals surface area (Å²) < 4.78 is 5.08. The van der Waals surface area contributed by atoms with Gasteiger partial charge in [0.05, 0.1) is 24.8 Å². The van der Waals surface area contributed by atoms with Gasteiger partial charge in [0.15, 0.2) is 0 Å². The minimum absolute atomic E-state index is 0.0830. The Labute approximate surface area is 105 Å². The molecule has 1 aliphatic rings. The van der Waals surface area contributed by atoms with E-state index < -0.39 is 18.2 Å². The number of nitrogens with zero attached hydrogens (tertiary/aromatic N) is 1. The second-order valence-electron chi connectivity index (χ2n) is 4.36. The number of pyridine rings is 1. The zero-order valence-electron chi connectivity index (χ0n) is 10.0. The van der Waals surface area contributed by atoms with Crippen LogP contribution in [0.1, 0.15) is 16.1 Å². The Morgan fingerprint density at radius 2 is 2.22 bits per heavy atom. The lowest BCUT2D eigenvalue weighted by Gasteiger charge is -2.32. The van der Waals surface area contributed by atoms with Crippen LogP contribution in [0, 0.1) is 6.92 Å². The number of carbonyl (C=O) groups is 1. The van der Waals surface area contributed by atoms with E-state index in [2.05, 4.69) is 10.3 Å². The van der Waals surface area contributed by atoms with Crippen LogP contribution in [0.5, 0.6) is 0 Å². The molecule has 1 fully saturated rings. The van der Waals surface area contributed by atoms with Crippen molar-refractivity contribution in [3.8, 4) is 0 Å². The minimum Gasteiger partial charge on any atom is -0.388 e. The van der Waals surface area contributed by atoms with Crippen molar-refractivity contribution < 1.29 is 19.7 Å². The fraction of sp³-hybridized carbons (Fsp3) is 0.500. The van der Waals surface area contributed by atoms with E-state index in [9.17, 15) is 15.0 Å². The highest BCUT2D eigenvalue weighted by atomic mass is 16.5. The molecule has 0 bridgehead atoms. The van der Waals surface area contributed by atoms with Crippen molar-refractivity contribution >= 4 is 5.91 Å². The molecule has 0 aromatic carbocycles. The maximum absolute atomic E-state index is 11.9. The molecule has 98 valence electrons. The standard InChI is InChI=1S/C12H16N2O4/c1-7-2-3-8(4-13-7)12(17)14-9-5-18-6-10(15)11(9)16/h2-4,9-11,15-16H,5-6H2,1H3,(H,14,17)/t9-,10-,11+/m1/s1. The zero-order valence-corrected chi connectivity index (χ0v) is 10.0. The van der Waals surface area contributed by atoms with Crippen molar-refractivity contribution in [2.24, 2.45) is 0 Å². The second-order valence-corrected chi connectivity index (χ2v) is 4.36. The predicted octanol–water partition coefficient (Wildman–Crippen LogP) is -0.760. The third kappa shape index (κ3) is 2.84. The number of carbonyl (C=O) groups excluding carboxylic acids is 1. The SMILES string of the molecule is Cc1ccc(C(=O)N[C@@H]2COC[C@@H](O)[C@H]2O)cn1. The molecule has 1 aromatic rings. The van der Waals surface area contributed by atoms with Crippen molar-refractivity contribution in [3.05, 3.63) is 29.6 Å². The average Bonchev–Trinajstić information content (AvgIpc) is 2.36. The largest absolute Gasteiger partial charge is 0.388 e. The summed E-state index contributed by atoms with van der Waals surface area (Å²) in [7, 11) is 0. The summed E-state index contributed by atoms with van der Waals surface area (Å²) in [5, 5.41) is 21.8. The van der Waals surface area contributed by atoms with E-state index in [0.717, 1.165) is 5.69 Å². The van der Waals surface area contributed by atoms with E-state index in [1.807, 2.05) is 6.92 Å². The highest BCUT2D eigenvalue weighted by Gasteiger charge is 2.32. The Morgan fingerprint density at radius 1 is 1.44 bits per heavy atom. The number of nitrogens with one attached hydrogen (secondary N) is 1. The normalized spacial score (nSPS) is 27.8. The first-order valence-corrected chi connectivity index (χ1v) is 5.75. The third-order valence-electron chi connectivity index (χ3n) is 2.88. The molecule has 1 saturated heterocycles. The van der Waals surface area contributed by atoms with Crippen molar-refractivity contribution in [1.29, 1.82) is 0 Å². The summed E-state index contributed by atoms with van der Waals surface area (Å²) in [5.74, 6) is -0.343. The Balaban J connectivity index is 2.00. The summed E-state index contributed by atoms with van der Waals surface area (Å²) in [6.07, 6.45) is -0.516. The molecule has 3 N–H and O–H groups in total. The Hall–Kier alpha value is -1.50. The van der Waals surface area contributed by atoms with Crippen LogP contribution in [-0.4, -0.2) is 52.6 Å². The lowest BCUT2D eigenvalue weighted by atomic mass is 10.0. The molecule has 1 amide bonds. The van der Waals surface area contributed by atoms with Crippen LogP contribution in [0.3, 0.4) is 0 Å². The number of ether oxygens (including phenoxy) is 1. The van der Waals surface area contributed by atoms with Gasteiger partial charge in [-0.15, -0.1) is 0 Å². The van der Waals surface area contributed by atoms with Crippen molar-refractivity contribution in [2.45, 2.75) is 25.2 Å². The highest BCUT2D eigenvalue weighted by Crippen LogP contribution is 2.09. The molecule has 0 unspecified atom stereocenters. The maximum Gasteiger partial charge on any atom is 0.253 e. The van der Waals surface area contributed by atoms with Crippen LogP contribution >= 0.6 is 0 Å². The molecule has 0 saturated carbocycles. The predicted molar refractivity (Wildman–Crippen MR) is 63.1 cm³/mol. The molecule has 0 aliphatic carbocycles. The number of rotatable bonds is 2. The lowest BCUT2D eigenvalue weighted by Crippen LogP contribution is -2.55. The van der Waals surface area contributed by atoms with Gasteiger partial charge in [-0.1, -0.05) is 0 Å². The van der Waals surface area contributed by atoms with Crippen molar-refractivity contribution in [3.63, 3.8) is 0 Å². The minimum atomic E-state index is -1.01. The van der Waals surface area contributed by atoms with E-state index in [0.29, 0.717) is 5.56 Å². The quantitative estimate of drug-likeness (QED) is 0.643. The van der Waals surface area contributed by atoms with Gasteiger partial charge in [-0.3, -0.25) is 9.78 Å². The fourth-order valence-corrected chi connectivity index (χ4v) is 1.76.